The highest BCUT2D eigenvalue weighted by molar-refractivity contribution is 7.89. The van der Waals surface area contributed by atoms with Crippen LogP contribution in [-0.2, 0) is 14.8 Å². The lowest BCUT2D eigenvalue weighted by Crippen LogP contribution is -2.45. The molecule has 0 radical (unpaired) electrons. The molecule has 0 aromatic carbocycles. The first-order valence-corrected chi connectivity index (χ1v) is 8.13. The zero-order chi connectivity index (χ0) is 13.8. The van der Waals surface area contributed by atoms with E-state index in [0.717, 1.165) is 0 Å². The maximum Gasteiger partial charge on any atom is 0.217 e. The van der Waals surface area contributed by atoms with Crippen LogP contribution >= 0.6 is 12.2 Å². The SMILES string of the molecule is CC(C)N(CCC(N)=S)S(=O)(=O)C1CCOCC1. The van der Waals surface area contributed by atoms with Gasteiger partial charge in [0, 0.05) is 32.2 Å². The van der Waals surface area contributed by atoms with Crippen molar-refractivity contribution >= 4 is 27.2 Å². The second-order valence-electron chi connectivity index (χ2n) is 4.78. The van der Waals surface area contributed by atoms with E-state index in [2.05, 4.69) is 0 Å². The number of sulfonamides is 1. The van der Waals surface area contributed by atoms with Gasteiger partial charge in [-0.25, -0.2) is 8.42 Å². The first-order chi connectivity index (χ1) is 8.35. The van der Waals surface area contributed by atoms with Crippen molar-refractivity contribution in [2.24, 2.45) is 5.73 Å². The van der Waals surface area contributed by atoms with Crippen molar-refractivity contribution in [2.75, 3.05) is 19.8 Å². The second kappa shape index (κ2) is 6.79. The lowest BCUT2D eigenvalue weighted by atomic mass is 10.2. The molecule has 0 saturated carbocycles. The molecule has 0 spiro atoms. The fourth-order valence-electron chi connectivity index (χ4n) is 2.06. The highest BCUT2D eigenvalue weighted by atomic mass is 32.2. The van der Waals surface area contributed by atoms with E-state index in [4.69, 9.17) is 22.7 Å². The van der Waals surface area contributed by atoms with E-state index in [9.17, 15) is 8.42 Å². The van der Waals surface area contributed by atoms with Gasteiger partial charge in [-0.2, -0.15) is 4.31 Å². The molecule has 0 amide bonds. The molecule has 106 valence electrons. The first-order valence-electron chi connectivity index (χ1n) is 6.22. The molecule has 0 unspecified atom stereocenters. The summed E-state index contributed by atoms with van der Waals surface area (Å²) in [5, 5.41) is -0.333. The zero-order valence-corrected chi connectivity index (χ0v) is 12.6. The molecule has 0 aliphatic carbocycles. The third-order valence-electron chi connectivity index (χ3n) is 3.07. The smallest absolute Gasteiger partial charge is 0.217 e. The summed E-state index contributed by atoms with van der Waals surface area (Å²) in [6.07, 6.45) is 1.56. The van der Waals surface area contributed by atoms with Gasteiger partial charge in [0.25, 0.3) is 0 Å². The van der Waals surface area contributed by atoms with E-state index in [1.165, 1.54) is 4.31 Å². The van der Waals surface area contributed by atoms with E-state index < -0.39 is 10.0 Å². The normalized spacial score (nSPS) is 18.4. The molecule has 18 heavy (non-hydrogen) atoms. The number of nitrogens with zero attached hydrogens (tertiary/aromatic N) is 1. The predicted octanol–water partition coefficient (Wildman–Crippen LogP) is 0.882. The van der Waals surface area contributed by atoms with Crippen molar-refractivity contribution in [3.05, 3.63) is 0 Å². The fourth-order valence-corrected chi connectivity index (χ4v) is 4.26. The van der Waals surface area contributed by atoms with Crippen LogP contribution in [0.2, 0.25) is 0 Å². The van der Waals surface area contributed by atoms with Gasteiger partial charge in [-0.15, -0.1) is 0 Å². The van der Waals surface area contributed by atoms with Gasteiger partial charge in [-0.3, -0.25) is 0 Å². The van der Waals surface area contributed by atoms with Crippen LogP contribution < -0.4 is 5.73 Å². The lowest BCUT2D eigenvalue weighted by Gasteiger charge is -2.32. The zero-order valence-electron chi connectivity index (χ0n) is 11.0. The molecule has 1 fully saturated rings. The molecule has 1 aliphatic rings. The van der Waals surface area contributed by atoms with E-state index >= 15 is 0 Å². The van der Waals surface area contributed by atoms with Crippen LogP contribution in [0.4, 0.5) is 0 Å². The third kappa shape index (κ3) is 4.15. The summed E-state index contributed by atoms with van der Waals surface area (Å²) >= 11 is 4.82. The number of hydrogen-bond donors (Lipinski definition) is 1. The molecule has 1 rings (SSSR count). The van der Waals surface area contributed by atoms with E-state index in [1.807, 2.05) is 13.8 Å². The molecule has 2 N–H and O–H groups in total. The monoisotopic (exact) mass is 294 g/mol. The summed E-state index contributed by atoms with van der Waals surface area (Å²) in [4.78, 5) is 0.350. The maximum absolute atomic E-state index is 12.5. The highest BCUT2D eigenvalue weighted by Gasteiger charge is 2.34. The maximum atomic E-state index is 12.5. The summed E-state index contributed by atoms with van der Waals surface area (Å²) in [6, 6.07) is -0.0767. The summed E-state index contributed by atoms with van der Waals surface area (Å²) < 4.78 is 31.8. The number of ether oxygens (including phenoxy) is 1. The van der Waals surface area contributed by atoms with Gasteiger partial charge in [-0.05, 0) is 26.7 Å². The van der Waals surface area contributed by atoms with Gasteiger partial charge in [0.15, 0.2) is 0 Å². The van der Waals surface area contributed by atoms with Crippen molar-refractivity contribution in [1.29, 1.82) is 0 Å². The number of thiocarbonyl (C=S) groups is 1. The summed E-state index contributed by atoms with van der Waals surface area (Å²) in [7, 11) is -3.28. The van der Waals surface area contributed by atoms with Crippen LogP contribution in [0, 0.1) is 0 Å². The minimum absolute atomic E-state index is 0.0767. The van der Waals surface area contributed by atoms with Crippen molar-refractivity contribution in [3.8, 4) is 0 Å². The third-order valence-corrected chi connectivity index (χ3v) is 5.85. The Morgan fingerprint density at radius 2 is 2.00 bits per heavy atom. The molecule has 5 nitrogen and oxygen atoms in total. The lowest BCUT2D eigenvalue weighted by molar-refractivity contribution is 0.0969. The van der Waals surface area contributed by atoms with E-state index in [1.54, 1.807) is 0 Å². The van der Waals surface area contributed by atoms with Crippen molar-refractivity contribution in [2.45, 2.75) is 44.4 Å². The Balaban J connectivity index is 2.78. The molecular weight excluding hydrogens is 272 g/mol. The Kier molecular flexibility index (Phi) is 5.97. The van der Waals surface area contributed by atoms with Crippen LogP contribution in [0.3, 0.4) is 0 Å². The molecular formula is C11H22N2O3S2. The van der Waals surface area contributed by atoms with Gasteiger partial charge in [0.2, 0.25) is 10.0 Å². The Morgan fingerprint density at radius 1 is 1.44 bits per heavy atom. The largest absolute Gasteiger partial charge is 0.393 e. The van der Waals surface area contributed by atoms with Crippen LogP contribution in [0.5, 0.6) is 0 Å². The van der Waals surface area contributed by atoms with Gasteiger partial charge < -0.3 is 10.5 Å². The average Bonchev–Trinajstić information content (AvgIpc) is 2.29. The van der Waals surface area contributed by atoms with Crippen molar-refractivity contribution in [3.63, 3.8) is 0 Å². The molecule has 1 saturated heterocycles. The van der Waals surface area contributed by atoms with Crippen LogP contribution in [-0.4, -0.2) is 48.8 Å². The standard InChI is InChI=1S/C11H22N2O3S2/c1-9(2)13(6-3-11(12)17)18(14,15)10-4-7-16-8-5-10/h9-10H,3-8H2,1-2H3,(H2,12,17). The van der Waals surface area contributed by atoms with E-state index in [-0.39, 0.29) is 11.3 Å². The van der Waals surface area contributed by atoms with E-state index in [0.29, 0.717) is 44.0 Å². The molecule has 0 aromatic rings. The second-order valence-corrected chi connectivity index (χ2v) is 7.47. The fraction of sp³-hybridized carbons (Fsp3) is 0.909. The Bertz CT molecular complexity index is 376. The highest BCUT2D eigenvalue weighted by Crippen LogP contribution is 2.21. The molecule has 1 heterocycles. The van der Waals surface area contributed by atoms with Gasteiger partial charge in [0.05, 0.1) is 10.2 Å². The number of nitrogens with two attached hydrogens (primary N) is 1. The quantitative estimate of drug-likeness (QED) is 0.736. The summed E-state index contributed by atoms with van der Waals surface area (Å²) in [6.45, 7) is 5.15. The predicted molar refractivity (Wildman–Crippen MR) is 76.0 cm³/mol. The molecule has 0 bridgehead atoms. The number of hydrogen-bond acceptors (Lipinski definition) is 4. The molecule has 0 aromatic heterocycles. The van der Waals surface area contributed by atoms with Gasteiger partial charge >= 0.3 is 0 Å². The van der Waals surface area contributed by atoms with Crippen molar-refractivity contribution in [1.82, 2.24) is 4.31 Å². The first kappa shape index (κ1) is 15.8. The Morgan fingerprint density at radius 3 is 2.44 bits per heavy atom. The number of rotatable bonds is 6. The minimum Gasteiger partial charge on any atom is -0.393 e. The molecule has 0 atom stereocenters. The average molecular weight is 294 g/mol. The summed E-state index contributed by atoms with van der Waals surface area (Å²) in [5.74, 6) is 0. The Hall–Kier alpha value is -0.240. The van der Waals surface area contributed by atoms with Gasteiger partial charge in [0.1, 0.15) is 0 Å². The van der Waals surface area contributed by atoms with Crippen LogP contribution in [0.15, 0.2) is 0 Å². The Labute approximate surface area is 115 Å². The topological polar surface area (TPSA) is 72.6 Å². The summed E-state index contributed by atoms with van der Waals surface area (Å²) in [5.41, 5.74) is 5.45. The van der Waals surface area contributed by atoms with Crippen molar-refractivity contribution < 1.29 is 13.2 Å². The molecule has 7 heteroatoms. The molecule has 1 aliphatic heterocycles. The minimum atomic E-state index is -3.28. The van der Waals surface area contributed by atoms with Crippen LogP contribution in [0.25, 0.3) is 0 Å². The van der Waals surface area contributed by atoms with Crippen LogP contribution in [0.1, 0.15) is 33.1 Å². The van der Waals surface area contributed by atoms with Gasteiger partial charge in [-0.1, -0.05) is 12.2 Å².